The van der Waals surface area contributed by atoms with Crippen LogP contribution in [0.4, 0.5) is 13.2 Å². The van der Waals surface area contributed by atoms with E-state index in [0.29, 0.717) is 11.0 Å². The monoisotopic (exact) mass is 278 g/mol. The highest BCUT2D eigenvalue weighted by atomic mass is 32.1. The molecule has 1 rings (SSSR count). The van der Waals surface area contributed by atoms with Crippen molar-refractivity contribution in [1.29, 1.82) is 0 Å². The number of ketones is 1. The van der Waals surface area contributed by atoms with Crippen LogP contribution in [0, 0.1) is 0 Å². The van der Waals surface area contributed by atoms with E-state index in [1.807, 2.05) is 0 Å². The minimum atomic E-state index is -4.94. The molecule has 0 bridgehead atoms. The largest absolute Gasteiger partial charge is 0.454 e. The first-order chi connectivity index (χ1) is 8.30. The molecule has 0 aliphatic rings. The summed E-state index contributed by atoms with van der Waals surface area (Å²) in [6.07, 6.45) is -4.54. The number of nitrogens with one attached hydrogen (secondary N) is 1. The number of rotatable bonds is 4. The third-order valence-corrected chi connectivity index (χ3v) is 2.55. The highest BCUT2D eigenvalue weighted by Gasteiger charge is 2.37. The normalized spacial score (nSPS) is 12.1. The summed E-state index contributed by atoms with van der Waals surface area (Å²) in [5, 5.41) is 4.99. The number of hydrazone groups is 1. The molecule has 0 unspecified atom stereocenters. The Morgan fingerprint density at radius 2 is 2.11 bits per heavy atom. The van der Waals surface area contributed by atoms with Crippen LogP contribution < -0.4 is 16.9 Å². The molecule has 0 radical (unpaired) electrons. The van der Waals surface area contributed by atoms with E-state index in [4.69, 9.17) is 11.5 Å². The minimum Gasteiger partial charge on any atom is -0.369 e. The van der Waals surface area contributed by atoms with Crippen molar-refractivity contribution in [2.75, 3.05) is 0 Å². The van der Waals surface area contributed by atoms with Crippen molar-refractivity contribution in [3.05, 3.63) is 28.5 Å². The van der Waals surface area contributed by atoms with Gasteiger partial charge in [0.2, 0.25) is 5.96 Å². The van der Waals surface area contributed by atoms with Gasteiger partial charge in [0.05, 0.1) is 10.6 Å². The summed E-state index contributed by atoms with van der Waals surface area (Å²) in [4.78, 5) is 11.3. The number of nitrogens with zero attached hydrogens (tertiary/aromatic N) is 1. The van der Waals surface area contributed by atoms with Gasteiger partial charge in [-0.1, -0.05) is 6.07 Å². The quantitative estimate of drug-likeness (QED) is 0.331. The van der Waals surface area contributed by atoms with Crippen LogP contribution in [-0.2, 0) is 4.79 Å². The Morgan fingerprint density at radius 1 is 1.44 bits per heavy atom. The number of carbonyl (C=O) groups is 1. The molecule has 0 fully saturated rings. The molecule has 0 atom stereocenters. The highest BCUT2D eigenvalue weighted by Crippen LogP contribution is 2.22. The lowest BCUT2D eigenvalue weighted by atomic mass is 10.2. The van der Waals surface area contributed by atoms with E-state index >= 15 is 0 Å². The Hall–Kier alpha value is -2.03. The molecule has 9 heteroatoms. The van der Waals surface area contributed by atoms with E-state index < -0.39 is 12.0 Å². The van der Waals surface area contributed by atoms with Gasteiger partial charge in [0.15, 0.2) is 0 Å². The van der Waals surface area contributed by atoms with Gasteiger partial charge >= 0.3 is 6.18 Å². The molecule has 0 saturated carbocycles. The minimum absolute atomic E-state index is 0.124. The lowest BCUT2D eigenvalue weighted by Gasteiger charge is -2.06. The van der Waals surface area contributed by atoms with Crippen LogP contribution in [0.1, 0.15) is 4.88 Å². The Kier molecular flexibility index (Phi) is 4.32. The molecule has 0 aromatic carbocycles. The van der Waals surface area contributed by atoms with Gasteiger partial charge in [-0.2, -0.15) is 13.2 Å². The van der Waals surface area contributed by atoms with Gasteiger partial charge in [-0.05, 0) is 11.4 Å². The summed E-state index contributed by atoms with van der Waals surface area (Å²) >= 11 is 1.13. The molecule has 1 heterocycles. The number of thiophene rings is 1. The lowest BCUT2D eigenvalue weighted by molar-refractivity contribution is -0.165. The van der Waals surface area contributed by atoms with E-state index in [2.05, 4.69) is 10.5 Å². The summed E-state index contributed by atoms with van der Waals surface area (Å²) in [5.74, 6) is -2.36. The van der Waals surface area contributed by atoms with Crippen molar-refractivity contribution < 1.29 is 18.0 Å². The smallest absolute Gasteiger partial charge is 0.369 e. The number of halogens is 3. The van der Waals surface area contributed by atoms with Crippen molar-refractivity contribution in [2.24, 2.45) is 16.6 Å². The average Bonchev–Trinajstić information content (AvgIpc) is 2.75. The number of carbonyl (C=O) groups excluding carboxylic acids is 1. The fourth-order valence-electron chi connectivity index (χ4n) is 0.928. The molecule has 0 aliphatic heterocycles. The van der Waals surface area contributed by atoms with Gasteiger partial charge in [0, 0.05) is 6.08 Å². The molecule has 1 aromatic heterocycles. The number of hydrogen-bond acceptors (Lipinski definition) is 4. The summed E-state index contributed by atoms with van der Waals surface area (Å²) in [5.41, 5.74) is 12.2. The van der Waals surface area contributed by atoms with Crippen LogP contribution in [0.3, 0.4) is 0 Å². The first kappa shape index (κ1) is 14.0. The maximum Gasteiger partial charge on any atom is 0.454 e. The topological polar surface area (TPSA) is 93.5 Å². The van der Waals surface area contributed by atoms with E-state index in [1.165, 1.54) is 6.07 Å². The van der Waals surface area contributed by atoms with Gasteiger partial charge in [0.1, 0.15) is 0 Å². The standard InChI is InChI=1S/C9H9F3N4OS/c10-9(11,12)7(17)4-5(15-16-8(13)14)6-2-1-3-18-6/h1-4,15H,(H4,13,14,16)/b5-4-. The van der Waals surface area contributed by atoms with Gasteiger partial charge in [-0.25, -0.2) is 0 Å². The number of alkyl halides is 3. The molecule has 0 amide bonds. The van der Waals surface area contributed by atoms with E-state index in [9.17, 15) is 18.0 Å². The van der Waals surface area contributed by atoms with Gasteiger partial charge in [-0.3, -0.25) is 10.2 Å². The van der Waals surface area contributed by atoms with Crippen molar-refractivity contribution in [3.8, 4) is 0 Å². The SMILES string of the molecule is NC(N)=NN/C(=C\C(=O)C(F)(F)F)c1cccs1. The molecule has 5 nitrogen and oxygen atoms in total. The molecular weight excluding hydrogens is 269 g/mol. The van der Waals surface area contributed by atoms with Crippen LogP contribution in [0.2, 0.25) is 0 Å². The molecule has 98 valence electrons. The van der Waals surface area contributed by atoms with Crippen molar-refractivity contribution in [3.63, 3.8) is 0 Å². The Morgan fingerprint density at radius 3 is 2.56 bits per heavy atom. The lowest BCUT2D eigenvalue weighted by Crippen LogP contribution is -2.26. The molecular formula is C9H9F3N4OS. The fraction of sp³-hybridized carbons (Fsp3) is 0.111. The van der Waals surface area contributed by atoms with Crippen LogP contribution in [-0.4, -0.2) is 17.9 Å². The molecule has 18 heavy (non-hydrogen) atoms. The zero-order valence-corrected chi connectivity index (χ0v) is 9.68. The number of allylic oxidation sites excluding steroid dienone is 1. The van der Waals surface area contributed by atoms with Crippen LogP contribution in [0.25, 0.3) is 5.70 Å². The number of guanidine groups is 1. The maximum absolute atomic E-state index is 12.1. The molecule has 0 saturated heterocycles. The Bertz CT molecular complexity index is 475. The van der Waals surface area contributed by atoms with E-state index in [-0.39, 0.29) is 11.7 Å². The van der Waals surface area contributed by atoms with E-state index in [0.717, 1.165) is 11.3 Å². The second-order valence-electron chi connectivity index (χ2n) is 3.05. The Balaban J connectivity index is 3.02. The Labute approximate surface area is 104 Å². The van der Waals surface area contributed by atoms with Gasteiger partial charge in [0.25, 0.3) is 5.78 Å². The zero-order valence-electron chi connectivity index (χ0n) is 8.86. The van der Waals surface area contributed by atoms with Crippen LogP contribution >= 0.6 is 11.3 Å². The predicted octanol–water partition coefficient (Wildman–Crippen LogP) is 0.998. The summed E-state index contributed by atoms with van der Waals surface area (Å²) in [7, 11) is 0. The predicted molar refractivity (Wildman–Crippen MR) is 62.3 cm³/mol. The van der Waals surface area contributed by atoms with Crippen molar-refractivity contribution in [1.82, 2.24) is 5.43 Å². The second kappa shape index (κ2) is 5.54. The third kappa shape index (κ3) is 4.09. The first-order valence-electron chi connectivity index (χ1n) is 4.52. The second-order valence-corrected chi connectivity index (χ2v) is 3.99. The first-order valence-corrected chi connectivity index (χ1v) is 5.40. The van der Waals surface area contributed by atoms with Crippen LogP contribution in [0.5, 0.6) is 0 Å². The molecule has 0 spiro atoms. The average molecular weight is 278 g/mol. The highest BCUT2D eigenvalue weighted by molar-refractivity contribution is 7.11. The summed E-state index contributed by atoms with van der Waals surface area (Å²) < 4.78 is 36.4. The van der Waals surface area contributed by atoms with Crippen molar-refractivity contribution in [2.45, 2.75) is 6.18 Å². The van der Waals surface area contributed by atoms with Crippen LogP contribution in [0.15, 0.2) is 28.7 Å². The maximum atomic E-state index is 12.1. The fourth-order valence-corrected chi connectivity index (χ4v) is 1.62. The third-order valence-electron chi connectivity index (χ3n) is 1.65. The van der Waals surface area contributed by atoms with Gasteiger partial charge < -0.3 is 11.5 Å². The number of nitrogens with two attached hydrogens (primary N) is 2. The van der Waals surface area contributed by atoms with Gasteiger partial charge in [-0.15, -0.1) is 16.4 Å². The molecule has 0 aliphatic carbocycles. The number of hydrogen-bond donors (Lipinski definition) is 3. The molecule has 1 aromatic rings. The summed E-state index contributed by atoms with van der Waals surface area (Å²) in [6.45, 7) is 0. The zero-order chi connectivity index (χ0) is 13.8. The molecule has 5 N–H and O–H groups in total. The van der Waals surface area contributed by atoms with E-state index in [1.54, 1.807) is 11.4 Å². The van der Waals surface area contributed by atoms with Crippen molar-refractivity contribution >= 4 is 28.8 Å². The summed E-state index contributed by atoms with van der Waals surface area (Å²) in [6, 6.07) is 3.14.